The third-order valence-electron chi connectivity index (χ3n) is 3.29. The molecule has 2 heterocycles. The average molecular weight is 268 g/mol. The number of carbonyl (C=O) groups is 1. The van der Waals surface area contributed by atoms with E-state index in [4.69, 9.17) is 5.11 Å². The van der Waals surface area contributed by atoms with Gasteiger partial charge in [0.2, 0.25) is 0 Å². The minimum atomic E-state index is 0.00436. The maximum atomic E-state index is 11.9. The maximum absolute atomic E-state index is 11.9. The van der Waals surface area contributed by atoms with Crippen molar-refractivity contribution in [1.29, 1.82) is 0 Å². The third-order valence-corrected chi connectivity index (χ3v) is 4.23. The van der Waals surface area contributed by atoms with Crippen LogP contribution in [0.2, 0.25) is 0 Å². The predicted molar refractivity (Wildman–Crippen MR) is 72.8 cm³/mol. The van der Waals surface area contributed by atoms with Crippen molar-refractivity contribution in [2.45, 2.75) is 19.3 Å². The van der Waals surface area contributed by atoms with Crippen molar-refractivity contribution in [3.63, 3.8) is 0 Å². The molecular formula is C13H20N2O2S. The second kappa shape index (κ2) is 6.75. The number of carbonyl (C=O) groups excluding carboxylic acids is 1. The van der Waals surface area contributed by atoms with Gasteiger partial charge in [-0.15, -0.1) is 11.3 Å². The first-order chi connectivity index (χ1) is 8.79. The summed E-state index contributed by atoms with van der Waals surface area (Å²) in [5, 5.41) is 14.1. The standard InChI is InChI=1S/C13H20N2O2S/c16-10-11-3-1-7-15(9-11)13(17)14-6-5-12-4-2-8-18-12/h2,4,8,11,16H,1,3,5-7,9-10H2,(H,14,17). The number of nitrogens with one attached hydrogen (secondary N) is 1. The van der Waals surface area contributed by atoms with Crippen LogP contribution >= 0.6 is 11.3 Å². The summed E-state index contributed by atoms with van der Waals surface area (Å²) in [6.07, 6.45) is 2.90. The summed E-state index contributed by atoms with van der Waals surface area (Å²) in [6.45, 7) is 2.35. The minimum Gasteiger partial charge on any atom is -0.396 e. The molecule has 1 aromatic rings. The molecule has 4 nitrogen and oxygen atoms in total. The zero-order chi connectivity index (χ0) is 12.8. The number of urea groups is 1. The molecule has 2 N–H and O–H groups in total. The van der Waals surface area contributed by atoms with E-state index in [1.54, 1.807) is 11.3 Å². The highest BCUT2D eigenvalue weighted by Gasteiger charge is 2.22. The molecule has 1 unspecified atom stereocenters. The van der Waals surface area contributed by atoms with Gasteiger partial charge in [0, 0.05) is 31.1 Å². The third kappa shape index (κ3) is 3.71. The zero-order valence-electron chi connectivity index (χ0n) is 10.5. The Balaban J connectivity index is 1.70. The van der Waals surface area contributed by atoms with Gasteiger partial charge in [-0.1, -0.05) is 6.07 Å². The second-order valence-electron chi connectivity index (χ2n) is 4.70. The summed E-state index contributed by atoms with van der Waals surface area (Å²) in [5.41, 5.74) is 0. The Bertz CT molecular complexity index is 367. The van der Waals surface area contributed by atoms with E-state index in [1.165, 1.54) is 4.88 Å². The number of rotatable bonds is 4. The molecule has 1 fully saturated rings. The van der Waals surface area contributed by atoms with Crippen molar-refractivity contribution >= 4 is 17.4 Å². The van der Waals surface area contributed by atoms with Gasteiger partial charge in [-0.25, -0.2) is 4.79 Å². The number of nitrogens with zero attached hydrogens (tertiary/aromatic N) is 1. The van der Waals surface area contributed by atoms with E-state index in [9.17, 15) is 4.79 Å². The molecule has 1 saturated heterocycles. The van der Waals surface area contributed by atoms with E-state index >= 15 is 0 Å². The summed E-state index contributed by atoms with van der Waals surface area (Å²) >= 11 is 1.72. The van der Waals surface area contributed by atoms with Crippen molar-refractivity contribution in [2.75, 3.05) is 26.2 Å². The molecular weight excluding hydrogens is 248 g/mol. The minimum absolute atomic E-state index is 0.00436. The number of aliphatic hydroxyl groups excluding tert-OH is 1. The lowest BCUT2D eigenvalue weighted by atomic mass is 9.99. The fourth-order valence-electron chi connectivity index (χ4n) is 2.26. The van der Waals surface area contributed by atoms with E-state index in [2.05, 4.69) is 11.4 Å². The van der Waals surface area contributed by atoms with Gasteiger partial charge >= 0.3 is 6.03 Å². The molecule has 1 aliphatic heterocycles. The second-order valence-corrected chi connectivity index (χ2v) is 5.73. The van der Waals surface area contributed by atoms with Gasteiger partial charge < -0.3 is 15.3 Å². The molecule has 1 aliphatic rings. The molecule has 0 spiro atoms. The monoisotopic (exact) mass is 268 g/mol. The van der Waals surface area contributed by atoms with Crippen molar-refractivity contribution in [1.82, 2.24) is 10.2 Å². The SMILES string of the molecule is O=C(NCCc1cccs1)N1CCCC(CO)C1. The number of thiophene rings is 1. The first-order valence-electron chi connectivity index (χ1n) is 6.45. The lowest BCUT2D eigenvalue weighted by Gasteiger charge is -2.31. The molecule has 0 saturated carbocycles. The van der Waals surface area contributed by atoms with Crippen LogP contribution in [0.25, 0.3) is 0 Å². The van der Waals surface area contributed by atoms with Crippen LogP contribution in [-0.4, -0.2) is 42.3 Å². The van der Waals surface area contributed by atoms with Gasteiger partial charge in [0.1, 0.15) is 0 Å². The maximum Gasteiger partial charge on any atom is 0.317 e. The summed E-state index contributed by atoms with van der Waals surface area (Å²) in [7, 11) is 0. The van der Waals surface area contributed by atoms with Crippen LogP contribution in [0.15, 0.2) is 17.5 Å². The Hall–Kier alpha value is -1.07. The van der Waals surface area contributed by atoms with Crippen LogP contribution in [0.3, 0.4) is 0 Å². The topological polar surface area (TPSA) is 52.6 Å². The van der Waals surface area contributed by atoms with Crippen LogP contribution < -0.4 is 5.32 Å². The Kier molecular flexibility index (Phi) is 5.01. The lowest BCUT2D eigenvalue weighted by Crippen LogP contribution is -2.46. The van der Waals surface area contributed by atoms with Crippen LogP contribution in [0, 0.1) is 5.92 Å². The largest absolute Gasteiger partial charge is 0.396 e. The van der Waals surface area contributed by atoms with E-state index in [0.29, 0.717) is 13.1 Å². The predicted octanol–water partition coefficient (Wildman–Crippen LogP) is 1.70. The van der Waals surface area contributed by atoms with Gasteiger partial charge in [-0.2, -0.15) is 0 Å². The highest BCUT2D eigenvalue weighted by Crippen LogP contribution is 2.15. The Morgan fingerprint density at radius 2 is 2.50 bits per heavy atom. The lowest BCUT2D eigenvalue weighted by molar-refractivity contribution is 0.130. The van der Waals surface area contributed by atoms with E-state index < -0.39 is 0 Å². The molecule has 100 valence electrons. The van der Waals surface area contributed by atoms with Crippen molar-refractivity contribution in [3.05, 3.63) is 22.4 Å². The molecule has 1 atom stereocenters. The van der Waals surface area contributed by atoms with Gasteiger partial charge in [0.25, 0.3) is 0 Å². The Labute approximate surface area is 112 Å². The van der Waals surface area contributed by atoms with E-state index in [-0.39, 0.29) is 18.6 Å². The molecule has 0 aliphatic carbocycles. The number of hydrogen-bond donors (Lipinski definition) is 2. The first-order valence-corrected chi connectivity index (χ1v) is 7.33. The molecule has 0 radical (unpaired) electrons. The number of likely N-dealkylation sites (tertiary alicyclic amines) is 1. The zero-order valence-corrected chi connectivity index (χ0v) is 11.3. The van der Waals surface area contributed by atoms with Crippen LogP contribution in [0.5, 0.6) is 0 Å². The van der Waals surface area contributed by atoms with E-state index in [1.807, 2.05) is 16.3 Å². The summed E-state index contributed by atoms with van der Waals surface area (Å²) in [4.78, 5) is 15.0. The van der Waals surface area contributed by atoms with Gasteiger partial charge in [-0.05, 0) is 36.6 Å². The Morgan fingerprint density at radius 3 is 3.22 bits per heavy atom. The van der Waals surface area contributed by atoms with Crippen LogP contribution in [0.1, 0.15) is 17.7 Å². The first kappa shape index (κ1) is 13.4. The van der Waals surface area contributed by atoms with Crippen molar-refractivity contribution in [2.24, 2.45) is 5.92 Å². The van der Waals surface area contributed by atoms with Crippen molar-refractivity contribution < 1.29 is 9.90 Å². The molecule has 2 rings (SSSR count). The number of hydrogen-bond acceptors (Lipinski definition) is 3. The summed E-state index contributed by atoms with van der Waals surface area (Å²) < 4.78 is 0. The normalized spacial score (nSPS) is 19.8. The quantitative estimate of drug-likeness (QED) is 0.873. The smallest absolute Gasteiger partial charge is 0.317 e. The van der Waals surface area contributed by atoms with Gasteiger partial charge in [-0.3, -0.25) is 0 Å². The fourth-order valence-corrected chi connectivity index (χ4v) is 2.97. The fraction of sp³-hybridized carbons (Fsp3) is 0.615. The van der Waals surface area contributed by atoms with Gasteiger partial charge in [0.15, 0.2) is 0 Å². The van der Waals surface area contributed by atoms with Crippen molar-refractivity contribution in [3.8, 4) is 0 Å². The number of piperidine rings is 1. The number of aliphatic hydroxyl groups is 1. The molecule has 0 bridgehead atoms. The summed E-state index contributed by atoms with van der Waals surface area (Å²) in [5.74, 6) is 0.252. The molecule has 0 aromatic carbocycles. The highest BCUT2D eigenvalue weighted by molar-refractivity contribution is 7.09. The summed E-state index contributed by atoms with van der Waals surface area (Å²) in [6, 6.07) is 4.11. The average Bonchev–Trinajstić information content (AvgIpc) is 2.92. The number of amides is 2. The molecule has 1 aromatic heterocycles. The van der Waals surface area contributed by atoms with Gasteiger partial charge in [0.05, 0.1) is 0 Å². The molecule has 2 amide bonds. The molecule has 18 heavy (non-hydrogen) atoms. The van der Waals surface area contributed by atoms with Crippen LogP contribution in [0.4, 0.5) is 4.79 Å². The molecule has 5 heteroatoms. The van der Waals surface area contributed by atoms with E-state index in [0.717, 1.165) is 25.8 Å². The van der Waals surface area contributed by atoms with Crippen LogP contribution in [-0.2, 0) is 6.42 Å². The highest BCUT2D eigenvalue weighted by atomic mass is 32.1. The Morgan fingerprint density at radius 1 is 1.61 bits per heavy atom.